The van der Waals surface area contributed by atoms with Gasteiger partial charge < -0.3 is 29.3 Å². The Bertz CT molecular complexity index is 1850. The second kappa shape index (κ2) is 17.9. The van der Waals surface area contributed by atoms with Crippen LogP contribution in [0, 0.1) is 16.7 Å². The van der Waals surface area contributed by atoms with Gasteiger partial charge >= 0.3 is 5.97 Å². The molecule has 0 saturated carbocycles. The number of rotatable bonds is 15. The fourth-order valence-corrected chi connectivity index (χ4v) is 8.04. The number of ether oxygens (including phenoxy) is 3. The minimum absolute atomic E-state index is 0.142. The quantitative estimate of drug-likeness (QED) is 0.153. The molecule has 6 rings (SSSR count). The van der Waals surface area contributed by atoms with E-state index in [9.17, 15) is 20.3 Å². The Kier molecular flexibility index (Phi) is 13.1. The van der Waals surface area contributed by atoms with E-state index in [-0.39, 0.29) is 19.3 Å². The highest BCUT2D eigenvalue weighted by Crippen LogP contribution is 2.49. The lowest BCUT2D eigenvalue weighted by atomic mass is 9.65. The summed E-state index contributed by atoms with van der Waals surface area (Å²) in [5.41, 5.74) is 2.77. The summed E-state index contributed by atoms with van der Waals surface area (Å²) in [6, 6.07) is 17.2. The SMILES string of the molecule is CC1(C)C(c2ccccc2)=CC=CC1(COc1cc(OCc2cncc(C#N)c2)c(CN2CCCC[C@H]2C(=O)O)cc1Cl)OCCCN1CCC(O)CC1. The molecule has 1 aromatic heterocycles. The van der Waals surface area contributed by atoms with Gasteiger partial charge in [-0.05, 0) is 68.0 Å². The van der Waals surface area contributed by atoms with Crippen molar-refractivity contribution >= 4 is 23.1 Å². The highest BCUT2D eigenvalue weighted by molar-refractivity contribution is 6.32. The van der Waals surface area contributed by atoms with Crippen molar-refractivity contribution < 1.29 is 29.2 Å². The number of likely N-dealkylation sites (tertiary alicyclic amines) is 2. The van der Waals surface area contributed by atoms with Crippen LogP contribution in [0.25, 0.3) is 5.57 Å². The number of nitrogens with zero attached hydrogens (tertiary/aromatic N) is 4. The van der Waals surface area contributed by atoms with Crippen molar-refractivity contribution in [3.8, 4) is 17.6 Å². The van der Waals surface area contributed by atoms with E-state index in [1.54, 1.807) is 18.3 Å². The van der Waals surface area contributed by atoms with Crippen molar-refractivity contribution in [1.29, 1.82) is 5.26 Å². The molecule has 2 atom stereocenters. The van der Waals surface area contributed by atoms with Gasteiger partial charge in [-0.2, -0.15) is 5.26 Å². The smallest absolute Gasteiger partial charge is 0.320 e. The maximum Gasteiger partial charge on any atom is 0.320 e. The van der Waals surface area contributed by atoms with Gasteiger partial charge in [-0.3, -0.25) is 14.7 Å². The van der Waals surface area contributed by atoms with E-state index < -0.39 is 23.0 Å². The summed E-state index contributed by atoms with van der Waals surface area (Å²) in [6.07, 6.45) is 14.0. The first-order chi connectivity index (χ1) is 26.1. The number of allylic oxidation sites excluding steroid dienone is 2. The minimum Gasteiger partial charge on any atom is -0.488 e. The molecule has 2 aromatic carbocycles. The molecule has 2 aliphatic heterocycles. The van der Waals surface area contributed by atoms with Crippen LogP contribution in [-0.4, -0.2) is 88.1 Å². The number of aliphatic hydroxyl groups excluding tert-OH is 1. The highest BCUT2D eigenvalue weighted by atomic mass is 35.5. The van der Waals surface area contributed by atoms with E-state index in [1.165, 1.54) is 6.20 Å². The van der Waals surface area contributed by atoms with Crippen LogP contribution < -0.4 is 9.47 Å². The van der Waals surface area contributed by atoms with Gasteiger partial charge in [0.15, 0.2) is 0 Å². The van der Waals surface area contributed by atoms with E-state index in [0.717, 1.165) is 74.0 Å². The minimum atomic E-state index is -0.861. The van der Waals surface area contributed by atoms with Crippen LogP contribution in [0.4, 0.5) is 0 Å². The molecule has 0 bridgehead atoms. The Morgan fingerprint density at radius 3 is 2.59 bits per heavy atom. The van der Waals surface area contributed by atoms with E-state index in [2.05, 4.69) is 54.1 Å². The van der Waals surface area contributed by atoms with Gasteiger partial charge in [0.05, 0.1) is 16.7 Å². The third-order valence-corrected chi connectivity index (χ3v) is 11.4. The Morgan fingerprint density at radius 2 is 1.83 bits per heavy atom. The van der Waals surface area contributed by atoms with Crippen LogP contribution in [0.3, 0.4) is 0 Å². The lowest BCUT2D eigenvalue weighted by molar-refractivity contribution is -0.144. The van der Waals surface area contributed by atoms with Gasteiger partial charge in [0, 0.05) is 67.8 Å². The zero-order valence-corrected chi connectivity index (χ0v) is 32.0. The Labute approximate surface area is 323 Å². The number of aliphatic hydroxyl groups is 1. The predicted octanol–water partition coefficient (Wildman–Crippen LogP) is 7.29. The molecule has 1 unspecified atom stereocenters. The third-order valence-electron chi connectivity index (χ3n) is 11.1. The molecule has 0 radical (unpaired) electrons. The number of carbonyl (C=O) groups is 1. The van der Waals surface area contributed by atoms with Crippen LogP contribution in [0.15, 0.2) is 79.2 Å². The van der Waals surface area contributed by atoms with Crippen LogP contribution in [-0.2, 0) is 22.7 Å². The molecule has 2 N–H and O–H groups in total. The monoisotopic (exact) mass is 754 g/mol. The molecule has 54 heavy (non-hydrogen) atoms. The lowest BCUT2D eigenvalue weighted by Crippen LogP contribution is -2.52. The number of pyridine rings is 1. The number of nitriles is 1. The van der Waals surface area contributed by atoms with Crippen molar-refractivity contribution in [1.82, 2.24) is 14.8 Å². The number of aromatic nitrogens is 1. The Hall–Kier alpha value is -4.24. The average molecular weight is 755 g/mol. The van der Waals surface area contributed by atoms with Gasteiger partial charge in [0.1, 0.15) is 42.4 Å². The van der Waals surface area contributed by atoms with Gasteiger partial charge in [0.2, 0.25) is 0 Å². The summed E-state index contributed by atoms with van der Waals surface area (Å²) < 4.78 is 20.0. The number of benzene rings is 2. The second-order valence-corrected chi connectivity index (χ2v) is 15.5. The lowest BCUT2D eigenvalue weighted by Gasteiger charge is -2.47. The fourth-order valence-electron chi connectivity index (χ4n) is 7.80. The molecule has 3 heterocycles. The number of carboxylic acid groups (broad SMARTS) is 1. The number of aliphatic carboxylic acids is 1. The van der Waals surface area contributed by atoms with Crippen molar-refractivity contribution in [2.45, 2.75) is 83.3 Å². The second-order valence-electron chi connectivity index (χ2n) is 15.1. The zero-order chi connectivity index (χ0) is 38.1. The summed E-state index contributed by atoms with van der Waals surface area (Å²) >= 11 is 7.00. The first-order valence-electron chi connectivity index (χ1n) is 19.0. The molecule has 3 aromatic rings. The molecule has 2 fully saturated rings. The van der Waals surface area contributed by atoms with Crippen molar-refractivity contribution in [3.63, 3.8) is 0 Å². The van der Waals surface area contributed by atoms with Crippen molar-refractivity contribution in [2.24, 2.45) is 5.41 Å². The van der Waals surface area contributed by atoms with Crippen LogP contribution in [0.2, 0.25) is 5.02 Å². The molecule has 2 saturated heterocycles. The largest absolute Gasteiger partial charge is 0.488 e. The van der Waals surface area contributed by atoms with Crippen molar-refractivity contribution in [2.75, 3.05) is 39.4 Å². The van der Waals surface area contributed by atoms with Crippen molar-refractivity contribution in [3.05, 3.63) is 106 Å². The fraction of sp³-hybridized carbons (Fsp3) is 0.465. The molecule has 11 heteroatoms. The van der Waals surface area contributed by atoms with Gasteiger partial charge in [0.25, 0.3) is 0 Å². The molecule has 3 aliphatic rings. The summed E-state index contributed by atoms with van der Waals surface area (Å²) in [7, 11) is 0. The number of hydrogen-bond acceptors (Lipinski definition) is 9. The number of hydrogen-bond donors (Lipinski definition) is 2. The van der Waals surface area contributed by atoms with Crippen LogP contribution in [0.5, 0.6) is 11.5 Å². The first kappa shape index (κ1) is 39.5. The first-order valence-corrected chi connectivity index (χ1v) is 19.3. The molecule has 286 valence electrons. The van der Waals surface area contributed by atoms with E-state index in [0.29, 0.717) is 48.2 Å². The summed E-state index contributed by atoms with van der Waals surface area (Å²) in [5, 5.41) is 29.7. The van der Waals surface area contributed by atoms with E-state index >= 15 is 0 Å². The average Bonchev–Trinajstić information content (AvgIpc) is 3.17. The summed E-state index contributed by atoms with van der Waals surface area (Å²) in [4.78, 5) is 20.7. The maximum absolute atomic E-state index is 12.2. The number of piperidine rings is 2. The standard InChI is InChI=1S/C43H51ClN4O6/c1-42(2)36(33-10-4-3-5-11-33)12-8-16-43(42,54-21-9-17-47-19-14-35(49)15-20-47)30-53-40-24-39(52-29-32-22-31(25-45)26-46-27-32)34(23-37(40)44)28-48-18-7-6-13-38(48)41(50)51/h3-5,8,10-12,16,22-24,26-27,35,38,49H,6-7,9,13-15,17-21,28-30H2,1-2H3,(H,50,51)/t38-,43?/m0/s1. The third kappa shape index (κ3) is 9.34. The van der Waals surface area contributed by atoms with Crippen LogP contribution in [0.1, 0.15) is 74.6 Å². The molecular formula is C43H51ClN4O6. The van der Waals surface area contributed by atoms with Gasteiger partial charge in [-0.25, -0.2) is 0 Å². The van der Waals surface area contributed by atoms with Gasteiger partial charge in [-0.1, -0.05) is 74.4 Å². The van der Waals surface area contributed by atoms with E-state index in [1.807, 2.05) is 35.2 Å². The summed E-state index contributed by atoms with van der Waals surface area (Å²) in [5.74, 6) is 0.0914. The molecule has 1 aliphatic carbocycles. The Balaban J connectivity index is 1.27. The molecule has 0 spiro atoms. The zero-order valence-electron chi connectivity index (χ0n) is 31.3. The molecule has 10 nitrogen and oxygen atoms in total. The van der Waals surface area contributed by atoms with E-state index in [4.69, 9.17) is 25.8 Å². The number of halogens is 1. The normalized spacial score (nSPS) is 22.0. The summed E-state index contributed by atoms with van der Waals surface area (Å²) in [6.45, 7) is 8.83. The predicted molar refractivity (Wildman–Crippen MR) is 208 cm³/mol. The molecule has 0 amide bonds. The highest BCUT2D eigenvalue weighted by Gasteiger charge is 2.49. The Morgan fingerprint density at radius 1 is 1.04 bits per heavy atom. The molecular weight excluding hydrogens is 704 g/mol. The maximum atomic E-state index is 12.2. The topological polar surface area (TPSA) is 128 Å². The van der Waals surface area contributed by atoms with Crippen LogP contribution >= 0.6 is 11.6 Å². The van der Waals surface area contributed by atoms with Gasteiger partial charge in [-0.15, -0.1) is 0 Å². The number of carboxylic acids is 1.